The zero-order chi connectivity index (χ0) is 20.3. The molecule has 0 aliphatic carbocycles. The molecule has 0 fully saturated rings. The molecule has 1 atom stereocenters. The van der Waals surface area contributed by atoms with E-state index in [4.69, 9.17) is 20.8 Å². The largest absolute Gasteiger partial charge is 0.481 e. The lowest BCUT2D eigenvalue weighted by molar-refractivity contribution is 0.101. The van der Waals surface area contributed by atoms with Crippen molar-refractivity contribution in [1.29, 1.82) is 0 Å². The zero-order valence-corrected chi connectivity index (χ0v) is 16.5. The molecule has 0 bridgehead atoms. The summed E-state index contributed by atoms with van der Waals surface area (Å²) >= 11 is 6.05. The Kier molecular flexibility index (Phi) is 5.26. The minimum absolute atomic E-state index is 0.306. The van der Waals surface area contributed by atoms with Gasteiger partial charge in [0.15, 0.2) is 5.60 Å². The Bertz CT molecular complexity index is 1190. The van der Waals surface area contributed by atoms with Gasteiger partial charge in [0.05, 0.1) is 0 Å². The van der Waals surface area contributed by atoms with E-state index in [1.165, 1.54) is 0 Å². The number of fused-ring (bicyclic) bond motifs is 1. The number of benzene rings is 2. The fraction of sp³-hybridized carbons (Fsp3) is 0.125. The number of aliphatic hydroxyl groups is 1. The summed E-state index contributed by atoms with van der Waals surface area (Å²) in [5.41, 5.74) is 0.310. The molecular formula is C24H18ClNO3. The molecule has 4 nitrogen and oxygen atoms in total. The first-order chi connectivity index (χ1) is 14.1. The third kappa shape index (κ3) is 3.71. The fourth-order valence-electron chi connectivity index (χ4n) is 3.19. The molecule has 2 heterocycles. The van der Waals surface area contributed by atoms with Crippen LogP contribution in [0.3, 0.4) is 0 Å². The van der Waals surface area contributed by atoms with E-state index in [9.17, 15) is 5.11 Å². The first-order valence-corrected chi connectivity index (χ1v) is 9.44. The van der Waals surface area contributed by atoms with Crippen LogP contribution in [0.15, 0.2) is 77.5 Å². The van der Waals surface area contributed by atoms with Gasteiger partial charge in [-0.1, -0.05) is 35.7 Å². The van der Waals surface area contributed by atoms with Crippen LogP contribution in [-0.4, -0.2) is 16.7 Å². The molecule has 1 N–H and O–H groups in total. The molecule has 5 heteroatoms. The van der Waals surface area contributed by atoms with Crippen molar-refractivity contribution in [2.75, 3.05) is 6.61 Å². The van der Waals surface area contributed by atoms with E-state index >= 15 is 0 Å². The van der Waals surface area contributed by atoms with Crippen molar-refractivity contribution < 1.29 is 14.3 Å². The Labute approximate surface area is 173 Å². The minimum Gasteiger partial charge on any atom is -0.481 e. The quantitative estimate of drug-likeness (QED) is 0.467. The molecule has 4 rings (SSSR count). The summed E-state index contributed by atoms with van der Waals surface area (Å²) in [7, 11) is 0. The minimum atomic E-state index is -1.52. The predicted molar refractivity (Wildman–Crippen MR) is 113 cm³/mol. The molecule has 29 heavy (non-hydrogen) atoms. The molecule has 0 aliphatic heterocycles. The van der Waals surface area contributed by atoms with Crippen molar-refractivity contribution in [3.63, 3.8) is 0 Å². The topological polar surface area (TPSA) is 55.5 Å². The van der Waals surface area contributed by atoms with Gasteiger partial charge in [-0.15, -0.1) is 5.92 Å². The molecule has 0 saturated heterocycles. The summed E-state index contributed by atoms with van der Waals surface area (Å²) < 4.78 is 11.7. The lowest BCUT2D eigenvalue weighted by atomic mass is 9.85. The molecule has 0 spiro atoms. The van der Waals surface area contributed by atoms with Crippen LogP contribution in [0.5, 0.6) is 5.75 Å². The van der Waals surface area contributed by atoms with Gasteiger partial charge in [0.1, 0.15) is 23.7 Å². The van der Waals surface area contributed by atoms with Crippen molar-refractivity contribution >= 4 is 22.6 Å². The van der Waals surface area contributed by atoms with Crippen LogP contribution in [0.2, 0.25) is 5.02 Å². The van der Waals surface area contributed by atoms with Crippen molar-refractivity contribution in [2.45, 2.75) is 12.5 Å². The lowest BCUT2D eigenvalue weighted by Crippen LogP contribution is -2.28. The Balaban J connectivity index is 1.83. The number of rotatable bonds is 5. The normalized spacial score (nSPS) is 12.8. The van der Waals surface area contributed by atoms with Crippen LogP contribution in [0.4, 0.5) is 0 Å². The predicted octanol–water partition coefficient (Wildman–Crippen LogP) is 5.17. The van der Waals surface area contributed by atoms with Gasteiger partial charge in [0.25, 0.3) is 0 Å². The number of nitrogens with zero attached hydrogens (tertiary/aromatic N) is 1. The summed E-state index contributed by atoms with van der Waals surface area (Å²) in [4.78, 5) is 4.17. The van der Waals surface area contributed by atoms with Gasteiger partial charge in [0, 0.05) is 34.4 Å². The molecule has 0 radical (unpaired) electrons. The van der Waals surface area contributed by atoms with Crippen molar-refractivity contribution in [2.24, 2.45) is 0 Å². The summed E-state index contributed by atoms with van der Waals surface area (Å²) in [5.74, 6) is 6.69. The number of hydrogen-bond acceptors (Lipinski definition) is 4. The third-order valence-electron chi connectivity index (χ3n) is 4.68. The number of ether oxygens (including phenoxy) is 1. The number of aromatic nitrogens is 1. The number of furan rings is 1. The summed E-state index contributed by atoms with van der Waals surface area (Å²) in [6, 6.07) is 18.0. The standard InChI is InChI=1S/C24H18ClNO3/c1-2-3-13-28-21-11-6-17-14-23(29-22(17)15-21)24(27,19-5-4-12-26-16-19)18-7-9-20(25)10-8-18/h4-12,14-16,27H,13H2,1H3. The lowest BCUT2D eigenvalue weighted by Gasteiger charge is -2.26. The fourth-order valence-corrected chi connectivity index (χ4v) is 3.32. The van der Waals surface area contributed by atoms with E-state index < -0.39 is 5.60 Å². The highest BCUT2D eigenvalue weighted by atomic mass is 35.5. The average Bonchev–Trinajstić information content (AvgIpc) is 3.18. The summed E-state index contributed by atoms with van der Waals surface area (Å²) in [6.45, 7) is 2.07. The molecule has 0 saturated carbocycles. The highest BCUT2D eigenvalue weighted by Gasteiger charge is 2.37. The molecular weight excluding hydrogens is 386 g/mol. The molecule has 4 aromatic rings. The molecule has 2 aromatic carbocycles. The summed E-state index contributed by atoms with van der Waals surface area (Å²) in [5, 5.41) is 13.3. The van der Waals surface area contributed by atoms with Gasteiger partial charge >= 0.3 is 0 Å². The van der Waals surface area contributed by atoms with E-state index in [0.717, 1.165) is 5.39 Å². The van der Waals surface area contributed by atoms with Gasteiger partial charge in [-0.25, -0.2) is 0 Å². The Morgan fingerprint density at radius 3 is 2.66 bits per heavy atom. The molecule has 144 valence electrons. The van der Waals surface area contributed by atoms with Crippen LogP contribution in [0.1, 0.15) is 23.8 Å². The Morgan fingerprint density at radius 2 is 1.93 bits per heavy atom. The van der Waals surface area contributed by atoms with E-state index in [2.05, 4.69) is 16.8 Å². The summed E-state index contributed by atoms with van der Waals surface area (Å²) in [6.07, 6.45) is 3.28. The van der Waals surface area contributed by atoms with E-state index in [1.54, 1.807) is 55.7 Å². The Hall–Kier alpha value is -3.26. The van der Waals surface area contributed by atoms with Gasteiger partial charge in [-0.2, -0.15) is 0 Å². The highest BCUT2D eigenvalue weighted by Crippen LogP contribution is 2.39. The maximum absolute atomic E-state index is 11.8. The maximum atomic E-state index is 11.8. The average molecular weight is 404 g/mol. The van der Waals surface area contributed by atoms with Crippen LogP contribution in [-0.2, 0) is 5.60 Å². The first kappa shape index (κ1) is 19.1. The zero-order valence-electron chi connectivity index (χ0n) is 15.7. The first-order valence-electron chi connectivity index (χ1n) is 9.06. The molecule has 0 aliphatic rings. The number of halogens is 1. The van der Waals surface area contributed by atoms with Crippen LogP contribution < -0.4 is 4.74 Å². The third-order valence-corrected chi connectivity index (χ3v) is 4.93. The van der Waals surface area contributed by atoms with Gasteiger partial charge in [-0.05, 0) is 48.9 Å². The van der Waals surface area contributed by atoms with Crippen LogP contribution >= 0.6 is 11.6 Å². The highest BCUT2D eigenvalue weighted by molar-refractivity contribution is 6.30. The molecule has 0 amide bonds. The molecule has 2 aromatic heterocycles. The van der Waals surface area contributed by atoms with Gasteiger partial charge in [-0.3, -0.25) is 4.98 Å². The van der Waals surface area contributed by atoms with Crippen molar-refractivity contribution in [1.82, 2.24) is 4.98 Å². The number of hydrogen-bond donors (Lipinski definition) is 1. The SMILES string of the molecule is CC#CCOc1ccc2cc(C(O)(c3ccc(Cl)cc3)c3cccnc3)oc2c1. The van der Waals surface area contributed by atoms with E-state index in [1.807, 2.05) is 24.3 Å². The second-order valence-electron chi connectivity index (χ2n) is 6.48. The second kappa shape index (κ2) is 8.00. The molecule has 1 unspecified atom stereocenters. The van der Waals surface area contributed by atoms with E-state index in [0.29, 0.717) is 39.8 Å². The van der Waals surface area contributed by atoms with Crippen molar-refractivity contribution in [3.8, 4) is 17.6 Å². The maximum Gasteiger partial charge on any atom is 0.174 e. The van der Waals surface area contributed by atoms with Gasteiger partial charge < -0.3 is 14.3 Å². The van der Waals surface area contributed by atoms with Gasteiger partial charge in [0.2, 0.25) is 0 Å². The number of pyridine rings is 1. The van der Waals surface area contributed by atoms with Crippen LogP contribution in [0.25, 0.3) is 11.0 Å². The van der Waals surface area contributed by atoms with E-state index in [-0.39, 0.29) is 0 Å². The Morgan fingerprint density at radius 1 is 1.10 bits per heavy atom. The monoisotopic (exact) mass is 403 g/mol. The smallest absolute Gasteiger partial charge is 0.174 e. The second-order valence-corrected chi connectivity index (χ2v) is 6.92. The van der Waals surface area contributed by atoms with Crippen molar-refractivity contribution in [3.05, 3.63) is 95.0 Å². The van der Waals surface area contributed by atoms with Crippen LogP contribution in [0, 0.1) is 11.8 Å².